The first-order valence-electron chi connectivity index (χ1n) is 7.14. The van der Waals surface area contributed by atoms with Crippen LogP contribution in [0.1, 0.15) is 12.5 Å². The molecule has 0 aliphatic rings. The van der Waals surface area contributed by atoms with Crippen LogP contribution in [0.25, 0.3) is 16.3 Å². The van der Waals surface area contributed by atoms with E-state index in [1.54, 1.807) is 23.1 Å². The highest BCUT2D eigenvalue weighted by molar-refractivity contribution is 8.01. The molecule has 0 fully saturated rings. The van der Waals surface area contributed by atoms with Crippen molar-refractivity contribution in [1.29, 1.82) is 0 Å². The van der Waals surface area contributed by atoms with Crippen LogP contribution >= 0.6 is 23.1 Å². The third-order valence-corrected chi connectivity index (χ3v) is 5.06. The molecule has 1 aromatic heterocycles. The van der Waals surface area contributed by atoms with E-state index < -0.39 is 0 Å². The second kappa shape index (κ2) is 7.38. The van der Waals surface area contributed by atoms with Gasteiger partial charge in [0.25, 0.3) is 0 Å². The lowest BCUT2D eigenvalue weighted by Crippen LogP contribution is -1.71. The van der Waals surface area contributed by atoms with Gasteiger partial charge in [-0.05, 0) is 35.6 Å². The smallest absolute Gasteiger partial charge is 0.151 e. The molecule has 0 spiro atoms. The summed E-state index contributed by atoms with van der Waals surface area (Å²) >= 11 is 3.52. The van der Waals surface area contributed by atoms with Crippen molar-refractivity contribution in [3.63, 3.8) is 0 Å². The topological polar surface area (TPSA) is 25.2 Å². The van der Waals surface area contributed by atoms with Crippen molar-refractivity contribution in [2.45, 2.75) is 11.3 Å². The molecule has 3 aromatic rings. The van der Waals surface area contributed by atoms with E-state index in [4.69, 9.17) is 0 Å². The second-order valence-electron chi connectivity index (χ2n) is 4.61. The van der Waals surface area contributed by atoms with Crippen LogP contribution in [0.5, 0.6) is 0 Å². The summed E-state index contributed by atoms with van der Waals surface area (Å²) in [7, 11) is 0. The molecule has 0 saturated heterocycles. The molecular weight excluding hydrogens is 308 g/mol. The maximum Gasteiger partial charge on any atom is 0.151 e. The van der Waals surface area contributed by atoms with Crippen molar-refractivity contribution >= 4 is 51.3 Å². The Bertz CT molecular complexity index is 804. The van der Waals surface area contributed by atoms with E-state index in [0.29, 0.717) is 0 Å². The van der Waals surface area contributed by atoms with Gasteiger partial charge >= 0.3 is 0 Å². The minimum absolute atomic E-state index is 0.960. The van der Waals surface area contributed by atoms with Crippen molar-refractivity contribution in [2.75, 3.05) is 5.75 Å². The highest BCUT2D eigenvalue weighted by Crippen LogP contribution is 2.31. The summed E-state index contributed by atoms with van der Waals surface area (Å²) in [6.45, 7) is 2.14. The first-order valence-corrected chi connectivity index (χ1v) is 8.94. The molecule has 2 aromatic carbocycles. The SMILES string of the molecule is CCSc1nc2ccc(N=C/C=C/c3ccccc3)cc2s1. The van der Waals surface area contributed by atoms with Crippen molar-refractivity contribution in [1.82, 2.24) is 4.98 Å². The van der Waals surface area contributed by atoms with Gasteiger partial charge in [-0.3, -0.25) is 4.99 Å². The van der Waals surface area contributed by atoms with Gasteiger partial charge in [0.2, 0.25) is 0 Å². The van der Waals surface area contributed by atoms with Gasteiger partial charge in [-0.1, -0.05) is 55.1 Å². The summed E-state index contributed by atoms with van der Waals surface area (Å²) in [6, 6.07) is 16.4. The Hall–Kier alpha value is -1.91. The molecule has 1 heterocycles. The predicted molar refractivity (Wildman–Crippen MR) is 99.6 cm³/mol. The molecular formula is C18H16N2S2. The lowest BCUT2D eigenvalue weighted by Gasteiger charge is -1.92. The van der Waals surface area contributed by atoms with Crippen LogP contribution in [-0.4, -0.2) is 17.0 Å². The van der Waals surface area contributed by atoms with Gasteiger partial charge in [-0.2, -0.15) is 0 Å². The van der Waals surface area contributed by atoms with E-state index >= 15 is 0 Å². The zero-order valence-electron chi connectivity index (χ0n) is 12.3. The number of fused-ring (bicyclic) bond motifs is 1. The minimum atomic E-state index is 0.960. The molecule has 0 bridgehead atoms. The number of aromatic nitrogens is 1. The third kappa shape index (κ3) is 3.84. The first-order chi connectivity index (χ1) is 10.8. The normalized spacial score (nSPS) is 11.9. The summed E-state index contributed by atoms with van der Waals surface area (Å²) in [6.07, 6.45) is 5.84. The molecule has 0 N–H and O–H groups in total. The van der Waals surface area contributed by atoms with Gasteiger partial charge < -0.3 is 0 Å². The van der Waals surface area contributed by atoms with Crippen LogP contribution in [0.2, 0.25) is 0 Å². The fraction of sp³-hybridized carbons (Fsp3) is 0.111. The van der Waals surface area contributed by atoms with Crippen LogP contribution in [0.4, 0.5) is 5.69 Å². The molecule has 3 rings (SSSR count). The fourth-order valence-corrected chi connectivity index (χ4v) is 4.00. The van der Waals surface area contributed by atoms with Gasteiger partial charge in [0, 0.05) is 6.21 Å². The summed E-state index contributed by atoms with van der Waals surface area (Å²) in [5, 5.41) is 0. The van der Waals surface area contributed by atoms with Crippen molar-refractivity contribution in [2.24, 2.45) is 4.99 Å². The largest absolute Gasteiger partial charge is 0.257 e. The molecule has 22 heavy (non-hydrogen) atoms. The molecule has 0 aliphatic carbocycles. The molecule has 110 valence electrons. The van der Waals surface area contributed by atoms with Gasteiger partial charge in [-0.25, -0.2) is 4.98 Å². The Morgan fingerprint density at radius 2 is 2.05 bits per heavy atom. The summed E-state index contributed by atoms with van der Waals surface area (Å²) < 4.78 is 2.32. The fourth-order valence-electron chi connectivity index (χ4n) is 2.01. The molecule has 0 unspecified atom stereocenters. The standard InChI is InChI=1S/C18H16N2S2/c1-2-21-18-20-16-11-10-15(13-17(16)22-18)19-12-6-9-14-7-4-3-5-8-14/h3-13H,2H2,1H3/b9-6+,19-12?. The number of thioether (sulfide) groups is 1. The van der Waals surface area contributed by atoms with E-state index in [0.717, 1.165) is 21.3 Å². The number of benzene rings is 2. The number of aliphatic imine (C=N–C) groups is 1. The Kier molecular flexibility index (Phi) is 5.03. The molecule has 0 atom stereocenters. The quantitative estimate of drug-likeness (QED) is 0.436. The van der Waals surface area contributed by atoms with Gasteiger partial charge in [0.15, 0.2) is 4.34 Å². The van der Waals surface area contributed by atoms with E-state index in [-0.39, 0.29) is 0 Å². The lowest BCUT2D eigenvalue weighted by atomic mass is 10.2. The van der Waals surface area contributed by atoms with E-state index in [1.807, 2.05) is 48.7 Å². The monoisotopic (exact) mass is 324 g/mol. The Balaban J connectivity index is 1.73. The Morgan fingerprint density at radius 1 is 1.18 bits per heavy atom. The zero-order valence-corrected chi connectivity index (χ0v) is 13.9. The first kappa shape index (κ1) is 15.0. The highest BCUT2D eigenvalue weighted by atomic mass is 32.2. The van der Waals surface area contributed by atoms with Gasteiger partial charge in [0.1, 0.15) is 0 Å². The lowest BCUT2D eigenvalue weighted by molar-refractivity contribution is 1.30. The second-order valence-corrected chi connectivity index (χ2v) is 7.15. The summed E-state index contributed by atoms with van der Waals surface area (Å²) in [5.41, 5.74) is 3.19. The molecule has 0 radical (unpaired) electrons. The number of rotatable bonds is 5. The maximum absolute atomic E-state index is 4.60. The number of thiazole rings is 1. The molecule has 0 saturated carbocycles. The molecule has 0 amide bonds. The Labute approximate surface area is 138 Å². The van der Waals surface area contributed by atoms with Crippen molar-refractivity contribution < 1.29 is 0 Å². The Morgan fingerprint density at radius 3 is 2.86 bits per heavy atom. The number of hydrogen-bond donors (Lipinski definition) is 0. The number of hydrogen-bond acceptors (Lipinski definition) is 4. The summed E-state index contributed by atoms with van der Waals surface area (Å²) in [5.74, 6) is 1.05. The molecule has 4 heteroatoms. The van der Waals surface area contributed by atoms with Crippen LogP contribution < -0.4 is 0 Å². The summed E-state index contributed by atoms with van der Waals surface area (Å²) in [4.78, 5) is 9.08. The highest BCUT2D eigenvalue weighted by Gasteiger charge is 2.03. The van der Waals surface area contributed by atoms with E-state index in [9.17, 15) is 0 Å². The average molecular weight is 324 g/mol. The maximum atomic E-state index is 4.60. The number of nitrogens with zero attached hydrogens (tertiary/aromatic N) is 2. The van der Waals surface area contributed by atoms with Crippen LogP contribution in [0.15, 0.2) is 63.9 Å². The minimum Gasteiger partial charge on any atom is -0.257 e. The van der Waals surface area contributed by atoms with Gasteiger partial charge in [-0.15, -0.1) is 11.3 Å². The van der Waals surface area contributed by atoms with E-state index in [2.05, 4.69) is 35.1 Å². The molecule has 2 nitrogen and oxygen atoms in total. The zero-order chi connectivity index (χ0) is 15.2. The van der Waals surface area contributed by atoms with Crippen LogP contribution in [0, 0.1) is 0 Å². The average Bonchev–Trinajstić information content (AvgIpc) is 2.94. The van der Waals surface area contributed by atoms with Crippen molar-refractivity contribution in [3.8, 4) is 0 Å². The van der Waals surface area contributed by atoms with Crippen LogP contribution in [0.3, 0.4) is 0 Å². The predicted octanol–water partition coefficient (Wildman–Crippen LogP) is 5.82. The van der Waals surface area contributed by atoms with Crippen LogP contribution in [-0.2, 0) is 0 Å². The van der Waals surface area contributed by atoms with Crippen molar-refractivity contribution in [3.05, 3.63) is 60.2 Å². The number of allylic oxidation sites excluding steroid dienone is 1. The third-order valence-electron chi connectivity index (χ3n) is 3.02. The van der Waals surface area contributed by atoms with E-state index in [1.165, 1.54) is 10.3 Å². The van der Waals surface area contributed by atoms with Gasteiger partial charge in [0.05, 0.1) is 15.9 Å². The molecule has 0 aliphatic heterocycles.